The van der Waals surface area contributed by atoms with Gasteiger partial charge in [0.05, 0.1) is 25.1 Å². The molecule has 0 aliphatic carbocycles. The lowest BCUT2D eigenvalue weighted by Gasteiger charge is -2.27. The van der Waals surface area contributed by atoms with Crippen molar-refractivity contribution in [3.8, 4) is 0 Å². The first-order valence-electron chi connectivity index (χ1n) is 8.24. The van der Waals surface area contributed by atoms with Crippen LogP contribution in [0.4, 0.5) is 16.3 Å². The Balaban J connectivity index is 1.82. The number of nitrogens with one attached hydrogen (secondary N) is 3. The second-order valence-electron chi connectivity index (χ2n) is 5.62. The molecule has 3 N–H and O–H groups in total. The number of anilines is 2. The monoisotopic (exact) mass is 335 g/mol. The lowest BCUT2D eigenvalue weighted by atomic mass is 10.3. The van der Waals surface area contributed by atoms with Gasteiger partial charge in [0.25, 0.3) is 0 Å². The molecule has 8 heteroatoms. The predicted octanol–water partition coefficient (Wildman–Crippen LogP) is 0.954. The fraction of sp³-hybridized carbons (Fsp3) is 0.562. The summed E-state index contributed by atoms with van der Waals surface area (Å²) in [5.41, 5.74) is 0.575. The summed E-state index contributed by atoms with van der Waals surface area (Å²) in [5.74, 6) is 0.657. The number of urea groups is 1. The van der Waals surface area contributed by atoms with E-state index in [4.69, 9.17) is 4.74 Å². The average Bonchev–Trinajstić information content (AvgIpc) is 2.61. The summed E-state index contributed by atoms with van der Waals surface area (Å²) in [6.07, 6.45) is 2.46. The van der Waals surface area contributed by atoms with E-state index in [1.807, 2.05) is 13.0 Å². The molecule has 1 aromatic rings. The van der Waals surface area contributed by atoms with Crippen LogP contribution in [0.5, 0.6) is 0 Å². The molecule has 0 bridgehead atoms. The molecule has 8 nitrogen and oxygen atoms in total. The van der Waals surface area contributed by atoms with Gasteiger partial charge in [-0.3, -0.25) is 4.79 Å². The topological polar surface area (TPSA) is 95.6 Å². The van der Waals surface area contributed by atoms with Gasteiger partial charge in [-0.1, -0.05) is 6.92 Å². The van der Waals surface area contributed by atoms with Gasteiger partial charge in [-0.2, -0.15) is 0 Å². The third-order valence-electron chi connectivity index (χ3n) is 3.63. The number of ether oxygens (including phenoxy) is 1. The van der Waals surface area contributed by atoms with Crippen LogP contribution in [0.25, 0.3) is 0 Å². The van der Waals surface area contributed by atoms with Crippen LogP contribution < -0.4 is 20.9 Å². The third-order valence-corrected chi connectivity index (χ3v) is 3.63. The molecule has 132 valence electrons. The van der Waals surface area contributed by atoms with Gasteiger partial charge in [0.2, 0.25) is 5.91 Å². The van der Waals surface area contributed by atoms with Crippen molar-refractivity contribution in [1.82, 2.24) is 15.6 Å². The molecule has 0 radical (unpaired) electrons. The van der Waals surface area contributed by atoms with Crippen molar-refractivity contribution in [2.75, 3.05) is 43.1 Å². The summed E-state index contributed by atoms with van der Waals surface area (Å²) >= 11 is 0. The van der Waals surface area contributed by atoms with E-state index < -0.39 is 12.1 Å². The van der Waals surface area contributed by atoms with Gasteiger partial charge in [-0.15, -0.1) is 0 Å². The number of nitrogens with zero attached hydrogens (tertiary/aromatic N) is 2. The number of aromatic nitrogens is 1. The van der Waals surface area contributed by atoms with Crippen molar-refractivity contribution in [1.29, 1.82) is 0 Å². The molecule has 0 saturated carbocycles. The quantitative estimate of drug-likeness (QED) is 0.719. The molecule has 2 rings (SSSR count). The zero-order valence-corrected chi connectivity index (χ0v) is 14.2. The Labute approximate surface area is 142 Å². The summed E-state index contributed by atoms with van der Waals surface area (Å²) in [4.78, 5) is 30.1. The highest BCUT2D eigenvalue weighted by molar-refractivity contribution is 5.93. The maximum absolute atomic E-state index is 11.9. The minimum atomic E-state index is -0.600. The van der Waals surface area contributed by atoms with Crippen LogP contribution in [-0.2, 0) is 9.53 Å². The first-order valence-corrected chi connectivity index (χ1v) is 8.24. The first-order chi connectivity index (χ1) is 11.6. The van der Waals surface area contributed by atoms with E-state index in [0.29, 0.717) is 25.4 Å². The normalized spacial score (nSPS) is 15.5. The maximum atomic E-state index is 11.9. The minimum Gasteiger partial charge on any atom is -0.378 e. The molecule has 0 unspecified atom stereocenters. The second-order valence-corrected chi connectivity index (χ2v) is 5.62. The van der Waals surface area contributed by atoms with E-state index in [2.05, 4.69) is 25.8 Å². The van der Waals surface area contributed by atoms with Crippen LogP contribution in [0.1, 0.15) is 20.3 Å². The van der Waals surface area contributed by atoms with Crippen molar-refractivity contribution in [3.63, 3.8) is 0 Å². The smallest absolute Gasteiger partial charge is 0.319 e. The van der Waals surface area contributed by atoms with Crippen molar-refractivity contribution >= 4 is 23.4 Å². The zero-order chi connectivity index (χ0) is 17.4. The molecule has 1 fully saturated rings. The van der Waals surface area contributed by atoms with E-state index in [9.17, 15) is 9.59 Å². The van der Waals surface area contributed by atoms with Crippen LogP contribution >= 0.6 is 0 Å². The SMILES string of the molecule is CCCNC(=O)[C@H](C)NC(=O)Nc1ccc(N2CCOCC2)nc1. The lowest BCUT2D eigenvalue weighted by Crippen LogP contribution is -2.46. The number of pyridine rings is 1. The Bertz CT molecular complexity index is 543. The summed E-state index contributed by atoms with van der Waals surface area (Å²) < 4.78 is 5.31. The molecule has 1 aromatic heterocycles. The lowest BCUT2D eigenvalue weighted by molar-refractivity contribution is -0.122. The molecule has 0 spiro atoms. The molecule has 2 heterocycles. The van der Waals surface area contributed by atoms with Crippen molar-refractivity contribution < 1.29 is 14.3 Å². The number of carbonyl (C=O) groups is 2. The van der Waals surface area contributed by atoms with Crippen LogP contribution in [0.3, 0.4) is 0 Å². The largest absolute Gasteiger partial charge is 0.378 e. The van der Waals surface area contributed by atoms with Crippen LogP contribution in [-0.4, -0.2) is 55.8 Å². The second kappa shape index (κ2) is 9.07. The Hall–Kier alpha value is -2.35. The van der Waals surface area contributed by atoms with E-state index in [1.54, 1.807) is 19.2 Å². The molecule has 24 heavy (non-hydrogen) atoms. The predicted molar refractivity (Wildman–Crippen MR) is 92.2 cm³/mol. The Morgan fingerprint density at radius 3 is 2.71 bits per heavy atom. The molecule has 1 aliphatic heterocycles. The Kier molecular flexibility index (Phi) is 6.80. The molecule has 1 aliphatic rings. The van der Waals surface area contributed by atoms with Crippen LogP contribution in [0.2, 0.25) is 0 Å². The van der Waals surface area contributed by atoms with Gasteiger partial charge in [0.1, 0.15) is 11.9 Å². The first kappa shape index (κ1) is 18.0. The number of morpholine rings is 1. The zero-order valence-electron chi connectivity index (χ0n) is 14.2. The molecule has 0 aromatic carbocycles. The molecular weight excluding hydrogens is 310 g/mol. The van der Waals surface area contributed by atoms with Crippen molar-refractivity contribution in [2.24, 2.45) is 0 Å². The molecular formula is C16H25N5O3. The fourth-order valence-electron chi connectivity index (χ4n) is 2.27. The van der Waals surface area contributed by atoms with E-state index in [0.717, 1.165) is 25.3 Å². The number of carbonyl (C=O) groups excluding carboxylic acids is 2. The van der Waals surface area contributed by atoms with E-state index >= 15 is 0 Å². The van der Waals surface area contributed by atoms with Crippen molar-refractivity contribution in [2.45, 2.75) is 26.3 Å². The fourth-order valence-corrected chi connectivity index (χ4v) is 2.27. The highest BCUT2D eigenvalue weighted by Gasteiger charge is 2.15. The average molecular weight is 335 g/mol. The Morgan fingerprint density at radius 1 is 1.33 bits per heavy atom. The van der Waals surface area contributed by atoms with Crippen LogP contribution in [0.15, 0.2) is 18.3 Å². The van der Waals surface area contributed by atoms with Gasteiger partial charge in [0.15, 0.2) is 0 Å². The van der Waals surface area contributed by atoms with Gasteiger partial charge in [-0.05, 0) is 25.5 Å². The maximum Gasteiger partial charge on any atom is 0.319 e. The van der Waals surface area contributed by atoms with E-state index in [1.165, 1.54) is 0 Å². The van der Waals surface area contributed by atoms with Crippen LogP contribution in [0, 0.1) is 0 Å². The third kappa shape index (κ3) is 5.38. The summed E-state index contributed by atoms with van der Waals surface area (Å²) in [7, 11) is 0. The highest BCUT2D eigenvalue weighted by atomic mass is 16.5. The van der Waals surface area contributed by atoms with Gasteiger partial charge in [-0.25, -0.2) is 9.78 Å². The summed E-state index contributed by atoms with van der Waals surface area (Å²) in [5, 5.41) is 8.01. The molecule has 1 saturated heterocycles. The van der Waals surface area contributed by atoms with Gasteiger partial charge < -0.3 is 25.6 Å². The Morgan fingerprint density at radius 2 is 2.08 bits per heavy atom. The number of amides is 3. The minimum absolute atomic E-state index is 0.201. The van der Waals surface area contributed by atoms with Crippen molar-refractivity contribution in [3.05, 3.63) is 18.3 Å². The molecule has 3 amide bonds. The highest BCUT2D eigenvalue weighted by Crippen LogP contribution is 2.15. The number of rotatable bonds is 6. The summed E-state index contributed by atoms with van der Waals surface area (Å²) in [6.45, 7) is 7.22. The van der Waals surface area contributed by atoms with E-state index in [-0.39, 0.29) is 5.91 Å². The summed E-state index contributed by atoms with van der Waals surface area (Å²) in [6, 6.07) is 2.62. The van der Waals surface area contributed by atoms with Gasteiger partial charge in [0, 0.05) is 19.6 Å². The number of hydrogen-bond donors (Lipinski definition) is 3. The van der Waals surface area contributed by atoms with Gasteiger partial charge >= 0.3 is 6.03 Å². The number of hydrogen-bond acceptors (Lipinski definition) is 5. The molecule has 1 atom stereocenters. The standard InChI is InChI=1S/C16H25N5O3/c1-3-6-17-15(22)12(2)19-16(23)20-13-4-5-14(18-11-13)21-7-9-24-10-8-21/h4-5,11-12H,3,6-10H2,1-2H3,(H,17,22)(H2,19,20,23)/t12-/m0/s1.